The van der Waals surface area contributed by atoms with Crippen LogP contribution in [0.3, 0.4) is 0 Å². The molecule has 35 heavy (non-hydrogen) atoms. The number of hydrogen-bond donors (Lipinski definition) is 2. The molecule has 0 saturated carbocycles. The van der Waals surface area contributed by atoms with E-state index in [1.807, 2.05) is 19.9 Å². The van der Waals surface area contributed by atoms with Crippen LogP contribution in [0.5, 0.6) is 0 Å². The number of non-ortho nitro benzene ring substituents is 1. The number of hydrogen-bond acceptors (Lipinski definition) is 7. The van der Waals surface area contributed by atoms with E-state index < -0.39 is 23.3 Å². The van der Waals surface area contributed by atoms with Gasteiger partial charge in [-0.25, -0.2) is 0 Å². The number of carbonyl (C=O) groups is 2. The lowest BCUT2D eigenvalue weighted by molar-refractivity contribution is -0.384. The third-order valence-electron chi connectivity index (χ3n) is 4.62. The zero-order valence-corrected chi connectivity index (χ0v) is 20.3. The molecule has 0 unspecified atom stereocenters. The smallest absolute Gasteiger partial charge is 0.274 e. The molecular weight excluding hydrogens is 472 g/mol. The zero-order valence-electron chi connectivity index (χ0n) is 19.5. The molecule has 182 valence electrons. The predicted octanol–water partition coefficient (Wildman–Crippen LogP) is 3.45. The second-order valence-corrected chi connectivity index (χ2v) is 8.35. The van der Waals surface area contributed by atoms with Gasteiger partial charge in [0.25, 0.3) is 11.6 Å². The van der Waals surface area contributed by atoms with Gasteiger partial charge in [-0.05, 0) is 32.9 Å². The van der Waals surface area contributed by atoms with Crippen molar-refractivity contribution in [1.82, 2.24) is 20.5 Å². The van der Waals surface area contributed by atoms with Gasteiger partial charge in [0.2, 0.25) is 5.91 Å². The first kappa shape index (κ1) is 27.0. The van der Waals surface area contributed by atoms with E-state index >= 15 is 0 Å². The average Bonchev–Trinajstić information content (AvgIpc) is 2.81. The van der Waals surface area contributed by atoms with Crippen LogP contribution >= 0.6 is 11.6 Å². The van der Waals surface area contributed by atoms with Crippen molar-refractivity contribution < 1.29 is 14.5 Å². The molecule has 1 aromatic carbocycles. The fourth-order valence-electron chi connectivity index (χ4n) is 3.12. The van der Waals surface area contributed by atoms with Gasteiger partial charge in [0, 0.05) is 35.0 Å². The SMILES string of the molecule is C=C(NC(C)C)C(=O)N(CC(=O)NCc1ccc(C#N)cn1)/C(=C(\C)Cl)c1cccc([N+](=O)[O-])c1. The number of aromatic nitrogens is 1. The summed E-state index contributed by atoms with van der Waals surface area (Å²) in [6.07, 6.45) is 1.39. The van der Waals surface area contributed by atoms with Gasteiger partial charge in [-0.3, -0.25) is 29.6 Å². The third kappa shape index (κ3) is 7.65. The molecule has 0 aliphatic heterocycles. The highest BCUT2D eigenvalue weighted by atomic mass is 35.5. The minimum absolute atomic E-state index is 0.0300. The number of nitriles is 1. The molecule has 0 spiro atoms. The fraction of sp³-hybridized carbons (Fsp3) is 0.250. The molecule has 0 aliphatic carbocycles. The molecule has 0 atom stereocenters. The summed E-state index contributed by atoms with van der Waals surface area (Å²) >= 11 is 6.34. The molecule has 11 heteroatoms. The van der Waals surface area contributed by atoms with Crippen molar-refractivity contribution in [3.05, 3.63) is 86.8 Å². The van der Waals surface area contributed by atoms with E-state index in [0.717, 1.165) is 4.90 Å². The van der Waals surface area contributed by atoms with Crippen LogP contribution in [0.15, 0.2) is 59.9 Å². The van der Waals surface area contributed by atoms with Gasteiger partial charge < -0.3 is 10.6 Å². The van der Waals surface area contributed by atoms with Crippen molar-refractivity contribution in [3.63, 3.8) is 0 Å². The van der Waals surface area contributed by atoms with Gasteiger partial charge in [-0.1, -0.05) is 30.3 Å². The van der Waals surface area contributed by atoms with Crippen LogP contribution in [0.25, 0.3) is 5.70 Å². The first-order chi connectivity index (χ1) is 16.5. The van der Waals surface area contributed by atoms with E-state index in [1.54, 1.807) is 18.2 Å². The van der Waals surface area contributed by atoms with Crippen LogP contribution in [0.2, 0.25) is 0 Å². The van der Waals surface area contributed by atoms with E-state index in [2.05, 4.69) is 22.2 Å². The van der Waals surface area contributed by atoms with Gasteiger partial charge in [0.05, 0.1) is 34.1 Å². The van der Waals surface area contributed by atoms with E-state index in [9.17, 15) is 19.7 Å². The predicted molar refractivity (Wildman–Crippen MR) is 131 cm³/mol. The van der Waals surface area contributed by atoms with Gasteiger partial charge in [-0.15, -0.1) is 0 Å². The Morgan fingerprint density at radius 3 is 2.57 bits per heavy atom. The molecule has 2 aromatic rings. The molecule has 1 heterocycles. The number of nitrogens with zero attached hydrogens (tertiary/aromatic N) is 4. The Bertz CT molecular complexity index is 1200. The third-order valence-corrected chi connectivity index (χ3v) is 4.79. The highest BCUT2D eigenvalue weighted by molar-refractivity contribution is 6.32. The van der Waals surface area contributed by atoms with Gasteiger partial charge >= 0.3 is 0 Å². The van der Waals surface area contributed by atoms with Crippen molar-refractivity contribution in [2.75, 3.05) is 6.54 Å². The Labute approximate surface area is 208 Å². The molecule has 0 aliphatic rings. The number of allylic oxidation sites excluding steroid dienone is 1. The molecule has 0 saturated heterocycles. The van der Waals surface area contributed by atoms with Gasteiger partial charge in [0.15, 0.2) is 0 Å². The number of carbonyl (C=O) groups excluding carboxylic acids is 2. The van der Waals surface area contributed by atoms with E-state index in [4.69, 9.17) is 16.9 Å². The second-order valence-electron chi connectivity index (χ2n) is 7.79. The minimum atomic E-state index is -0.619. The summed E-state index contributed by atoms with van der Waals surface area (Å²) in [5, 5.41) is 25.9. The normalized spacial score (nSPS) is 11.2. The van der Waals surface area contributed by atoms with Crippen LogP contribution in [-0.4, -0.2) is 39.2 Å². The number of nitro groups is 1. The molecule has 1 aromatic heterocycles. The van der Waals surface area contributed by atoms with Crippen LogP contribution in [0, 0.1) is 21.4 Å². The zero-order chi connectivity index (χ0) is 26.1. The number of rotatable bonds is 10. The van der Waals surface area contributed by atoms with Crippen LogP contribution < -0.4 is 10.6 Å². The van der Waals surface area contributed by atoms with Crippen molar-refractivity contribution in [2.24, 2.45) is 0 Å². The molecule has 2 rings (SSSR count). The Morgan fingerprint density at radius 1 is 1.31 bits per heavy atom. The number of amides is 2. The molecule has 0 fully saturated rings. The van der Waals surface area contributed by atoms with Crippen molar-refractivity contribution in [3.8, 4) is 6.07 Å². The Morgan fingerprint density at radius 2 is 2.03 bits per heavy atom. The molecule has 2 amide bonds. The number of pyridine rings is 1. The maximum Gasteiger partial charge on any atom is 0.274 e. The number of benzene rings is 1. The van der Waals surface area contributed by atoms with Crippen molar-refractivity contribution >= 4 is 34.8 Å². The van der Waals surface area contributed by atoms with Crippen LogP contribution in [-0.2, 0) is 16.1 Å². The van der Waals surface area contributed by atoms with Crippen molar-refractivity contribution in [1.29, 1.82) is 5.26 Å². The first-order valence-electron chi connectivity index (χ1n) is 10.5. The monoisotopic (exact) mass is 496 g/mol. The molecule has 10 nitrogen and oxygen atoms in total. The van der Waals surface area contributed by atoms with Crippen molar-refractivity contribution in [2.45, 2.75) is 33.4 Å². The maximum absolute atomic E-state index is 13.3. The lowest BCUT2D eigenvalue weighted by atomic mass is 10.1. The number of nitrogens with one attached hydrogen (secondary N) is 2. The van der Waals surface area contributed by atoms with E-state index in [0.29, 0.717) is 16.8 Å². The largest absolute Gasteiger partial charge is 0.379 e. The first-order valence-corrected chi connectivity index (χ1v) is 10.9. The fourth-order valence-corrected chi connectivity index (χ4v) is 3.33. The average molecular weight is 497 g/mol. The quantitative estimate of drug-likeness (QED) is 0.291. The second kappa shape index (κ2) is 12.3. The maximum atomic E-state index is 13.3. The summed E-state index contributed by atoms with van der Waals surface area (Å²) in [7, 11) is 0. The van der Waals surface area contributed by atoms with Crippen LogP contribution in [0.4, 0.5) is 5.69 Å². The molecule has 0 radical (unpaired) electrons. The van der Waals surface area contributed by atoms with Gasteiger partial charge in [-0.2, -0.15) is 5.26 Å². The summed E-state index contributed by atoms with van der Waals surface area (Å²) in [5.41, 5.74) is 1.17. The lowest BCUT2D eigenvalue weighted by Crippen LogP contribution is -2.43. The summed E-state index contributed by atoms with van der Waals surface area (Å²) < 4.78 is 0. The highest BCUT2D eigenvalue weighted by Crippen LogP contribution is 2.29. The molecule has 2 N–H and O–H groups in total. The standard InChI is InChI=1S/C24H25ClN6O4/c1-15(2)29-17(4)24(33)30(14-22(32)28-13-20-9-8-18(11-26)12-27-20)23(16(3)25)19-6-5-7-21(10-19)31(34)35/h5-10,12,15,29H,4,13-14H2,1-3H3,(H,28,32)/b23-16+. The Hall–Kier alpha value is -4.23. The van der Waals surface area contributed by atoms with E-state index in [-0.39, 0.29) is 34.7 Å². The summed E-state index contributed by atoms with van der Waals surface area (Å²) in [6.45, 7) is 8.57. The Balaban J connectivity index is 2.36. The minimum Gasteiger partial charge on any atom is -0.379 e. The molecule has 0 bridgehead atoms. The summed E-state index contributed by atoms with van der Waals surface area (Å²) in [6, 6.07) is 10.7. The van der Waals surface area contributed by atoms with Gasteiger partial charge in [0.1, 0.15) is 12.6 Å². The highest BCUT2D eigenvalue weighted by Gasteiger charge is 2.27. The number of nitro benzene ring substituents is 1. The topological polar surface area (TPSA) is 141 Å². The lowest BCUT2D eigenvalue weighted by Gasteiger charge is -2.27. The summed E-state index contributed by atoms with van der Waals surface area (Å²) in [4.78, 5) is 42.1. The summed E-state index contributed by atoms with van der Waals surface area (Å²) in [5.74, 6) is -1.14. The van der Waals surface area contributed by atoms with Crippen LogP contribution in [0.1, 0.15) is 37.6 Å². The number of halogens is 1. The molecular formula is C24H25ClN6O4. The van der Waals surface area contributed by atoms with E-state index in [1.165, 1.54) is 31.3 Å². The Kier molecular flexibility index (Phi) is 9.49.